The molecule has 1 amide bonds. The molecular formula is C15H26N2O. The van der Waals surface area contributed by atoms with E-state index in [-0.39, 0.29) is 0 Å². The number of rotatable bonds is 3. The zero-order chi connectivity index (χ0) is 12.4. The molecule has 0 radical (unpaired) electrons. The van der Waals surface area contributed by atoms with E-state index < -0.39 is 0 Å². The van der Waals surface area contributed by atoms with Gasteiger partial charge in [-0.25, -0.2) is 0 Å². The van der Waals surface area contributed by atoms with Gasteiger partial charge >= 0.3 is 0 Å². The van der Waals surface area contributed by atoms with Crippen LogP contribution in [-0.4, -0.2) is 36.5 Å². The van der Waals surface area contributed by atoms with Crippen LogP contribution in [-0.2, 0) is 4.79 Å². The van der Waals surface area contributed by atoms with Crippen LogP contribution in [0.2, 0.25) is 0 Å². The van der Waals surface area contributed by atoms with Crippen LogP contribution in [0.5, 0.6) is 0 Å². The van der Waals surface area contributed by atoms with Gasteiger partial charge in [0.25, 0.3) is 0 Å². The van der Waals surface area contributed by atoms with Crippen LogP contribution in [0.1, 0.15) is 51.4 Å². The van der Waals surface area contributed by atoms with Crippen LogP contribution < -0.4 is 5.32 Å². The van der Waals surface area contributed by atoms with E-state index in [9.17, 15) is 4.79 Å². The number of nitrogens with zero attached hydrogens (tertiary/aromatic N) is 1. The Hall–Kier alpha value is -0.570. The topological polar surface area (TPSA) is 32.3 Å². The van der Waals surface area contributed by atoms with Crippen LogP contribution in [0.3, 0.4) is 0 Å². The zero-order valence-corrected chi connectivity index (χ0v) is 11.4. The maximum absolute atomic E-state index is 12.2. The van der Waals surface area contributed by atoms with Crippen molar-refractivity contribution in [2.45, 2.75) is 57.4 Å². The van der Waals surface area contributed by atoms with Gasteiger partial charge in [0.1, 0.15) is 0 Å². The zero-order valence-electron chi connectivity index (χ0n) is 11.4. The lowest BCUT2D eigenvalue weighted by atomic mass is 10.0. The number of carbonyl (C=O) groups is 1. The molecule has 18 heavy (non-hydrogen) atoms. The summed E-state index contributed by atoms with van der Waals surface area (Å²) in [5.41, 5.74) is 0. The summed E-state index contributed by atoms with van der Waals surface area (Å²) in [6.07, 6.45) is 9.82. The largest absolute Gasteiger partial charge is 0.342 e. The van der Waals surface area contributed by atoms with Crippen molar-refractivity contribution in [1.29, 1.82) is 0 Å². The van der Waals surface area contributed by atoms with Crippen LogP contribution in [0.25, 0.3) is 0 Å². The van der Waals surface area contributed by atoms with Gasteiger partial charge in [-0.05, 0) is 50.5 Å². The van der Waals surface area contributed by atoms with Gasteiger partial charge in [-0.2, -0.15) is 0 Å². The molecule has 0 aromatic carbocycles. The highest BCUT2D eigenvalue weighted by atomic mass is 16.2. The standard InChI is InChI=1S/C15H26N2O/c18-15(8-7-14-6-1-2-9-16-14)17-10-12-4-3-5-13(12)11-17/h12-14,16H,1-11H2. The number of likely N-dealkylation sites (tertiary alicyclic amines) is 1. The summed E-state index contributed by atoms with van der Waals surface area (Å²) in [4.78, 5) is 14.4. The molecule has 2 aliphatic heterocycles. The third kappa shape index (κ3) is 2.71. The second kappa shape index (κ2) is 5.60. The first-order chi connectivity index (χ1) is 8.83. The predicted octanol–water partition coefficient (Wildman–Crippen LogP) is 2.17. The van der Waals surface area contributed by atoms with Crippen LogP contribution >= 0.6 is 0 Å². The SMILES string of the molecule is O=C(CCC1CCCCN1)N1CC2CCCC2C1. The number of piperidine rings is 1. The van der Waals surface area contributed by atoms with Crippen molar-refractivity contribution in [3.8, 4) is 0 Å². The molecule has 3 rings (SSSR count). The number of carbonyl (C=O) groups excluding carboxylic acids is 1. The molecule has 1 N–H and O–H groups in total. The summed E-state index contributed by atoms with van der Waals surface area (Å²) >= 11 is 0. The molecule has 2 saturated heterocycles. The quantitative estimate of drug-likeness (QED) is 0.832. The van der Waals surface area contributed by atoms with E-state index in [4.69, 9.17) is 0 Å². The third-order valence-electron chi connectivity index (χ3n) is 5.20. The van der Waals surface area contributed by atoms with Gasteiger partial charge in [0.2, 0.25) is 5.91 Å². The Balaban J connectivity index is 1.41. The fourth-order valence-corrected chi connectivity index (χ4v) is 4.06. The molecule has 1 saturated carbocycles. The molecule has 2 heterocycles. The molecular weight excluding hydrogens is 224 g/mol. The minimum absolute atomic E-state index is 0.414. The highest BCUT2D eigenvalue weighted by Crippen LogP contribution is 2.37. The summed E-state index contributed by atoms with van der Waals surface area (Å²) in [5.74, 6) is 2.08. The lowest BCUT2D eigenvalue weighted by molar-refractivity contribution is -0.130. The van der Waals surface area contributed by atoms with Gasteiger partial charge in [0.05, 0.1) is 0 Å². The van der Waals surface area contributed by atoms with Crippen molar-refractivity contribution in [2.24, 2.45) is 11.8 Å². The lowest BCUT2D eigenvalue weighted by Crippen LogP contribution is -2.36. The Morgan fingerprint density at radius 2 is 1.83 bits per heavy atom. The van der Waals surface area contributed by atoms with Crippen molar-refractivity contribution in [1.82, 2.24) is 10.2 Å². The minimum Gasteiger partial charge on any atom is -0.342 e. The van der Waals surface area contributed by atoms with E-state index in [1.54, 1.807) is 0 Å². The van der Waals surface area contributed by atoms with Gasteiger partial charge in [-0.1, -0.05) is 12.8 Å². The Labute approximate surface area is 110 Å². The molecule has 3 atom stereocenters. The van der Waals surface area contributed by atoms with Gasteiger partial charge in [0.15, 0.2) is 0 Å². The Morgan fingerprint density at radius 3 is 2.50 bits per heavy atom. The molecule has 102 valence electrons. The monoisotopic (exact) mass is 250 g/mol. The number of fused-ring (bicyclic) bond motifs is 1. The highest BCUT2D eigenvalue weighted by molar-refractivity contribution is 5.76. The average Bonchev–Trinajstić information content (AvgIpc) is 2.98. The molecule has 3 unspecified atom stereocenters. The van der Waals surface area contributed by atoms with Crippen molar-refractivity contribution in [3.63, 3.8) is 0 Å². The van der Waals surface area contributed by atoms with Crippen molar-refractivity contribution >= 4 is 5.91 Å². The summed E-state index contributed by atoms with van der Waals surface area (Å²) < 4.78 is 0. The van der Waals surface area contributed by atoms with E-state index in [1.165, 1.54) is 38.5 Å². The number of hydrogen-bond donors (Lipinski definition) is 1. The van der Waals surface area contributed by atoms with Crippen LogP contribution in [0.4, 0.5) is 0 Å². The first kappa shape index (κ1) is 12.5. The van der Waals surface area contributed by atoms with Gasteiger partial charge < -0.3 is 10.2 Å². The maximum Gasteiger partial charge on any atom is 0.222 e. The summed E-state index contributed by atoms with van der Waals surface area (Å²) in [6.45, 7) is 3.26. The van der Waals surface area contributed by atoms with Gasteiger partial charge in [0, 0.05) is 25.6 Å². The van der Waals surface area contributed by atoms with Crippen molar-refractivity contribution < 1.29 is 4.79 Å². The van der Waals surface area contributed by atoms with Crippen LogP contribution in [0, 0.1) is 11.8 Å². The Bertz CT molecular complexity index is 287. The normalized spacial score (nSPS) is 35.8. The molecule has 3 aliphatic rings. The molecule has 0 aromatic heterocycles. The van der Waals surface area contributed by atoms with Crippen LogP contribution in [0.15, 0.2) is 0 Å². The van der Waals surface area contributed by atoms with Gasteiger partial charge in [-0.15, -0.1) is 0 Å². The summed E-state index contributed by atoms with van der Waals surface area (Å²) in [5, 5.41) is 3.53. The molecule has 0 spiro atoms. The summed E-state index contributed by atoms with van der Waals surface area (Å²) in [7, 11) is 0. The molecule has 0 aromatic rings. The van der Waals surface area contributed by atoms with E-state index in [1.807, 2.05) is 0 Å². The molecule has 3 nitrogen and oxygen atoms in total. The lowest BCUT2D eigenvalue weighted by Gasteiger charge is -2.24. The molecule has 0 bridgehead atoms. The fourth-order valence-electron chi connectivity index (χ4n) is 4.06. The molecule has 1 aliphatic carbocycles. The third-order valence-corrected chi connectivity index (χ3v) is 5.20. The first-order valence-corrected chi connectivity index (χ1v) is 7.84. The second-order valence-electron chi connectivity index (χ2n) is 6.44. The van der Waals surface area contributed by atoms with Crippen molar-refractivity contribution in [2.75, 3.05) is 19.6 Å². The molecule has 3 heteroatoms. The number of nitrogens with one attached hydrogen (secondary N) is 1. The van der Waals surface area contributed by atoms with E-state index in [0.717, 1.165) is 44.3 Å². The highest BCUT2D eigenvalue weighted by Gasteiger charge is 2.37. The smallest absolute Gasteiger partial charge is 0.222 e. The van der Waals surface area contributed by atoms with E-state index >= 15 is 0 Å². The van der Waals surface area contributed by atoms with Gasteiger partial charge in [-0.3, -0.25) is 4.79 Å². The minimum atomic E-state index is 0.414. The number of hydrogen-bond acceptors (Lipinski definition) is 2. The maximum atomic E-state index is 12.2. The summed E-state index contributed by atoms with van der Waals surface area (Å²) in [6, 6.07) is 0.602. The number of amides is 1. The fraction of sp³-hybridized carbons (Fsp3) is 0.933. The average molecular weight is 250 g/mol. The first-order valence-electron chi connectivity index (χ1n) is 7.84. The van der Waals surface area contributed by atoms with E-state index in [2.05, 4.69) is 10.2 Å². The molecule has 3 fully saturated rings. The Kier molecular flexibility index (Phi) is 3.88. The van der Waals surface area contributed by atoms with Crippen molar-refractivity contribution in [3.05, 3.63) is 0 Å². The second-order valence-corrected chi connectivity index (χ2v) is 6.44. The van der Waals surface area contributed by atoms with E-state index in [0.29, 0.717) is 11.9 Å². The predicted molar refractivity (Wildman–Crippen MR) is 72.3 cm³/mol. The Morgan fingerprint density at radius 1 is 1.06 bits per heavy atom.